The van der Waals surface area contributed by atoms with Crippen LogP contribution in [-0.2, 0) is 0 Å². The van der Waals surface area contributed by atoms with Gasteiger partial charge in [-0.05, 0) is 30.9 Å². The van der Waals surface area contributed by atoms with Gasteiger partial charge in [0.25, 0.3) is 0 Å². The van der Waals surface area contributed by atoms with E-state index in [-0.39, 0.29) is 0 Å². The molecule has 0 amide bonds. The van der Waals surface area contributed by atoms with E-state index in [1.165, 1.54) is 15.6 Å². The molecule has 0 spiro atoms. The Bertz CT molecular complexity index is 468. The van der Waals surface area contributed by atoms with Gasteiger partial charge in [-0.3, -0.25) is 0 Å². The van der Waals surface area contributed by atoms with Crippen molar-refractivity contribution in [3.8, 4) is 0 Å². The van der Waals surface area contributed by atoms with Crippen molar-refractivity contribution in [3.05, 3.63) is 34.7 Å². The van der Waals surface area contributed by atoms with Gasteiger partial charge in [0, 0.05) is 10.4 Å². The van der Waals surface area contributed by atoms with E-state index >= 15 is 0 Å². The fourth-order valence-electron chi connectivity index (χ4n) is 1.53. The minimum absolute atomic E-state index is 0.665. The zero-order valence-electron chi connectivity index (χ0n) is 7.72. The average molecular weight is 189 g/mol. The Kier molecular flexibility index (Phi) is 1.93. The fraction of sp³-hybridized carbons (Fsp3) is 0.182. The third kappa shape index (κ3) is 1.27. The van der Waals surface area contributed by atoms with Crippen LogP contribution in [0.2, 0.25) is 0 Å². The lowest BCUT2D eigenvalue weighted by atomic mass is 10.1. The summed E-state index contributed by atoms with van der Waals surface area (Å²) in [6.07, 6.45) is 0. The fourth-order valence-corrected chi connectivity index (χ4v) is 2.65. The first-order chi connectivity index (χ1) is 6.20. The molecule has 0 aliphatic carbocycles. The molecular weight excluding hydrogens is 178 g/mol. The first-order valence-electron chi connectivity index (χ1n) is 4.24. The van der Waals surface area contributed by atoms with Gasteiger partial charge < -0.3 is 5.41 Å². The Hall–Kier alpha value is -1.15. The number of fused-ring (bicyclic) bond motifs is 1. The quantitative estimate of drug-likeness (QED) is 0.663. The van der Waals surface area contributed by atoms with Gasteiger partial charge >= 0.3 is 0 Å². The summed E-state index contributed by atoms with van der Waals surface area (Å²) in [5.41, 5.74) is 1.91. The maximum atomic E-state index is 7.62. The summed E-state index contributed by atoms with van der Waals surface area (Å²) in [5.74, 6) is 0. The molecule has 1 aromatic carbocycles. The second-order valence-electron chi connectivity index (χ2n) is 3.18. The van der Waals surface area contributed by atoms with Crippen LogP contribution in [0.5, 0.6) is 0 Å². The second-order valence-corrected chi connectivity index (χ2v) is 4.23. The Morgan fingerprint density at radius 3 is 2.62 bits per heavy atom. The summed E-state index contributed by atoms with van der Waals surface area (Å²) >= 11 is 1.71. The molecule has 0 aliphatic heterocycles. The third-order valence-electron chi connectivity index (χ3n) is 2.18. The molecule has 13 heavy (non-hydrogen) atoms. The molecule has 66 valence electrons. The molecule has 0 unspecified atom stereocenters. The van der Waals surface area contributed by atoms with Crippen molar-refractivity contribution in [1.29, 1.82) is 5.41 Å². The Morgan fingerprint density at radius 1 is 1.31 bits per heavy atom. The van der Waals surface area contributed by atoms with Crippen molar-refractivity contribution < 1.29 is 0 Å². The van der Waals surface area contributed by atoms with Crippen LogP contribution in [0.4, 0.5) is 0 Å². The lowest BCUT2D eigenvalue weighted by Gasteiger charge is -1.93. The lowest BCUT2D eigenvalue weighted by molar-refractivity contribution is 1.46. The van der Waals surface area contributed by atoms with Gasteiger partial charge in [-0.2, -0.15) is 0 Å². The highest BCUT2D eigenvalue weighted by molar-refractivity contribution is 7.21. The molecule has 0 fully saturated rings. The van der Waals surface area contributed by atoms with Crippen molar-refractivity contribution in [3.63, 3.8) is 0 Å². The number of hydrogen-bond donors (Lipinski definition) is 1. The molecule has 1 aromatic heterocycles. The van der Waals surface area contributed by atoms with Crippen molar-refractivity contribution in [2.24, 2.45) is 0 Å². The molecule has 0 radical (unpaired) electrons. The van der Waals surface area contributed by atoms with Gasteiger partial charge in [-0.15, -0.1) is 11.3 Å². The summed E-state index contributed by atoms with van der Waals surface area (Å²) in [6.45, 7) is 3.93. The summed E-state index contributed by atoms with van der Waals surface area (Å²) < 4.78 is 1.28. The Balaban J connectivity index is 2.81. The van der Waals surface area contributed by atoms with E-state index in [1.54, 1.807) is 11.3 Å². The Labute approximate surface area is 81.5 Å². The molecule has 0 bridgehead atoms. The maximum Gasteiger partial charge on any atom is 0.0517 e. The van der Waals surface area contributed by atoms with Crippen molar-refractivity contribution >= 4 is 27.1 Å². The average Bonchev–Trinajstić information content (AvgIpc) is 2.45. The van der Waals surface area contributed by atoms with Gasteiger partial charge in [0.2, 0.25) is 0 Å². The van der Waals surface area contributed by atoms with Crippen LogP contribution in [0.3, 0.4) is 0 Å². The molecule has 1 heterocycles. The molecule has 0 saturated carbocycles. The zero-order valence-corrected chi connectivity index (χ0v) is 8.53. The number of nitrogens with one attached hydrogen (secondary N) is 1. The highest BCUT2D eigenvalue weighted by atomic mass is 32.1. The van der Waals surface area contributed by atoms with Crippen molar-refractivity contribution in [2.45, 2.75) is 13.8 Å². The summed E-state index contributed by atoms with van der Waals surface area (Å²) in [7, 11) is 0. The predicted octanol–water partition coefficient (Wildman–Crippen LogP) is 3.60. The van der Waals surface area contributed by atoms with Crippen LogP contribution >= 0.6 is 11.3 Å². The normalized spacial score (nSPS) is 10.6. The molecule has 0 aliphatic rings. The van der Waals surface area contributed by atoms with Crippen LogP contribution in [0.15, 0.2) is 24.3 Å². The Morgan fingerprint density at radius 2 is 2.00 bits per heavy atom. The smallest absolute Gasteiger partial charge is 0.0517 e. The van der Waals surface area contributed by atoms with Crippen molar-refractivity contribution in [2.75, 3.05) is 0 Å². The zero-order chi connectivity index (χ0) is 9.42. The number of rotatable bonds is 1. The second kappa shape index (κ2) is 2.96. The summed E-state index contributed by atoms with van der Waals surface area (Å²) in [4.78, 5) is 1.11. The van der Waals surface area contributed by atoms with Gasteiger partial charge in [0.05, 0.1) is 4.88 Å². The third-order valence-corrected chi connectivity index (χ3v) is 3.58. The lowest BCUT2D eigenvalue weighted by Crippen LogP contribution is -1.88. The first kappa shape index (κ1) is 8.45. The maximum absolute atomic E-state index is 7.62. The van der Waals surface area contributed by atoms with Gasteiger partial charge in [-0.25, -0.2) is 0 Å². The molecule has 1 N–H and O–H groups in total. The molecule has 2 aromatic rings. The monoisotopic (exact) mass is 189 g/mol. The highest BCUT2D eigenvalue weighted by Crippen LogP contribution is 2.30. The van der Waals surface area contributed by atoms with E-state index < -0.39 is 0 Å². The largest absolute Gasteiger partial charge is 0.304 e. The molecule has 2 heteroatoms. The highest BCUT2D eigenvalue weighted by Gasteiger charge is 2.08. The number of thiophene rings is 1. The van der Waals surface area contributed by atoms with E-state index in [2.05, 4.69) is 19.1 Å². The topological polar surface area (TPSA) is 23.9 Å². The predicted molar refractivity (Wildman–Crippen MR) is 59.1 cm³/mol. The molecular formula is C11H11NS. The molecule has 2 rings (SSSR count). The number of aryl methyl sites for hydroxylation is 1. The van der Waals surface area contributed by atoms with E-state index in [0.717, 1.165) is 4.88 Å². The van der Waals surface area contributed by atoms with Gasteiger partial charge in [0.1, 0.15) is 0 Å². The summed E-state index contributed by atoms with van der Waals surface area (Å²) in [6, 6.07) is 8.32. The minimum atomic E-state index is 0.665. The number of hydrogen-bond acceptors (Lipinski definition) is 2. The van der Waals surface area contributed by atoms with E-state index in [4.69, 9.17) is 5.41 Å². The number of benzene rings is 1. The standard InChI is InChI=1S/C11H11NS/c1-7-9-5-3-4-6-10(9)13-11(7)8(2)12/h3-6,12H,1-2H3. The molecule has 1 nitrogen and oxygen atoms in total. The molecule has 0 atom stereocenters. The van der Waals surface area contributed by atoms with Gasteiger partial charge in [-0.1, -0.05) is 18.2 Å². The SMILES string of the molecule is CC(=N)c1sc2ccccc2c1C. The summed E-state index contributed by atoms with van der Waals surface area (Å²) in [5, 5.41) is 8.91. The minimum Gasteiger partial charge on any atom is -0.304 e. The van der Waals surface area contributed by atoms with E-state index in [1.807, 2.05) is 19.1 Å². The van der Waals surface area contributed by atoms with Crippen LogP contribution in [-0.4, -0.2) is 5.71 Å². The van der Waals surface area contributed by atoms with Gasteiger partial charge in [0.15, 0.2) is 0 Å². The first-order valence-corrected chi connectivity index (χ1v) is 5.05. The van der Waals surface area contributed by atoms with Crippen molar-refractivity contribution in [1.82, 2.24) is 0 Å². The van der Waals surface area contributed by atoms with Crippen LogP contribution in [0.25, 0.3) is 10.1 Å². The van der Waals surface area contributed by atoms with Crippen LogP contribution in [0, 0.1) is 12.3 Å². The van der Waals surface area contributed by atoms with Crippen LogP contribution in [0.1, 0.15) is 17.4 Å². The molecule has 0 saturated heterocycles. The van der Waals surface area contributed by atoms with E-state index in [9.17, 15) is 0 Å². The van der Waals surface area contributed by atoms with Crippen LogP contribution < -0.4 is 0 Å². The van der Waals surface area contributed by atoms with E-state index in [0.29, 0.717) is 5.71 Å².